The van der Waals surface area contributed by atoms with Crippen molar-refractivity contribution in [3.05, 3.63) is 59.7 Å². The van der Waals surface area contributed by atoms with E-state index < -0.39 is 11.9 Å². The Morgan fingerprint density at radius 1 is 1.28 bits per heavy atom. The Hall–Kier alpha value is -3.40. The topological polar surface area (TPSA) is 89.3 Å². The second kappa shape index (κ2) is 8.99. The molecule has 0 saturated carbocycles. The number of hydrogen-bond donors (Lipinski definition) is 1. The smallest absolute Gasteiger partial charge is 0.265 e. The highest BCUT2D eigenvalue weighted by Gasteiger charge is 2.32. The van der Waals surface area contributed by atoms with E-state index in [1.54, 1.807) is 28.6 Å². The standard InChI is InChI=1S/C22H22FN5O3S/c1-13-8-9-15(23)16(10-13)24-19(29)12-32-22-26-25-21(27(22)3)14(2)28-17-6-4-5-7-18(17)31-11-20(28)30/h4-10,14H,11-12H2,1-3H3,(H,24,29)/t14-/m0/s1. The van der Waals surface area contributed by atoms with Crippen molar-refractivity contribution in [3.63, 3.8) is 0 Å². The van der Waals surface area contributed by atoms with Crippen LogP contribution in [0, 0.1) is 12.7 Å². The Balaban J connectivity index is 1.46. The first-order valence-electron chi connectivity index (χ1n) is 9.97. The molecule has 10 heteroatoms. The van der Waals surface area contributed by atoms with Crippen molar-refractivity contribution in [2.45, 2.75) is 25.0 Å². The zero-order valence-electron chi connectivity index (χ0n) is 17.8. The summed E-state index contributed by atoms with van der Waals surface area (Å²) >= 11 is 1.18. The van der Waals surface area contributed by atoms with Crippen LogP contribution in [0.25, 0.3) is 0 Å². The van der Waals surface area contributed by atoms with Crippen LogP contribution in [0.5, 0.6) is 5.75 Å². The van der Waals surface area contributed by atoms with E-state index in [-0.39, 0.29) is 29.9 Å². The van der Waals surface area contributed by atoms with Gasteiger partial charge in [0.05, 0.1) is 23.2 Å². The van der Waals surface area contributed by atoms with Crippen LogP contribution in [0.4, 0.5) is 15.8 Å². The lowest BCUT2D eigenvalue weighted by atomic mass is 10.1. The minimum atomic E-state index is -0.487. The molecule has 0 aliphatic carbocycles. The molecule has 0 unspecified atom stereocenters. The first kappa shape index (κ1) is 21.8. The second-order valence-corrected chi connectivity index (χ2v) is 8.36. The highest BCUT2D eigenvalue weighted by molar-refractivity contribution is 7.99. The first-order chi connectivity index (χ1) is 15.3. The summed E-state index contributed by atoms with van der Waals surface area (Å²) in [6.07, 6.45) is 0. The van der Waals surface area contributed by atoms with Gasteiger partial charge in [-0.25, -0.2) is 4.39 Å². The summed E-state index contributed by atoms with van der Waals surface area (Å²) in [6.45, 7) is 3.64. The van der Waals surface area contributed by atoms with Gasteiger partial charge in [-0.3, -0.25) is 14.5 Å². The summed E-state index contributed by atoms with van der Waals surface area (Å²) in [6, 6.07) is 11.5. The monoisotopic (exact) mass is 455 g/mol. The quantitative estimate of drug-likeness (QED) is 0.573. The van der Waals surface area contributed by atoms with Crippen LogP contribution in [0.3, 0.4) is 0 Å². The molecule has 0 fully saturated rings. The number of halogens is 1. The summed E-state index contributed by atoms with van der Waals surface area (Å²) < 4.78 is 21.1. The second-order valence-electron chi connectivity index (χ2n) is 7.42. The van der Waals surface area contributed by atoms with E-state index in [1.807, 2.05) is 38.1 Å². The molecule has 0 saturated heterocycles. The Morgan fingerprint density at radius 3 is 2.88 bits per heavy atom. The van der Waals surface area contributed by atoms with Gasteiger partial charge in [0.1, 0.15) is 11.6 Å². The van der Waals surface area contributed by atoms with Crippen LogP contribution in [-0.4, -0.2) is 38.9 Å². The fourth-order valence-corrected chi connectivity index (χ4v) is 4.25. The van der Waals surface area contributed by atoms with Gasteiger partial charge in [-0.1, -0.05) is 30.0 Å². The van der Waals surface area contributed by atoms with Crippen LogP contribution in [0.2, 0.25) is 0 Å². The van der Waals surface area contributed by atoms with Gasteiger partial charge in [-0.2, -0.15) is 0 Å². The number of amides is 2. The van der Waals surface area contributed by atoms with Gasteiger partial charge in [-0.05, 0) is 43.7 Å². The summed E-state index contributed by atoms with van der Waals surface area (Å²) in [5.41, 5.74) is 1.67. The van der Waals surface area contributed by atoms with Gasteiger partial charge in [0, 0.05) is 7.05 Å². The molecule has 8 nitrogen and oxygen atoms in total. The number of ether oxygens (including phenoxy) is 1. The average molecular weight is 456 g/mol. The van der Waals surface area contributed by atoms with Crippen molar-refractivity contribution >= 4 is 35.0 Å². The summed E-state index contributed by atoms with van der Waals surface area (Å²) in [4.78, 5) is 26.5. The SMILES string of the molecule is Cc1ccc(F)c(NC(=O)CSc2nnc([C@H](C)N3C(=O)COc4ccccc43)n2C)c1. The third kappa shape index (κ3) is 4.31. The van der Waals surface area contributed by atoms with E-state index in [0.717, 1.165) is 5.56 Å². The molecule has 0 bridgehead atoms. The van der Waals surface area contributed by atoms with Gasteiger partial charge in [0.15, 0.2) is 17.6 Å². The number of aromatic nitrogens is 3. The number of fused-ring (bicyclic) bond motifs is 1. The molecule has 166 valence electrons. The molecule has 0 spiro atoms. The average Bonchev–Trinajstić information content (AvgIpc) is 3.14. The molecule has 2 amide bonds. The van der Waals surface area contributed by atoms with Gasteiger partial charge in [-0.15, -0.1) is 10.2 Å². The highest BCUT2D eigenvalue weighted by Crippen LogP contribution is 2.37. The van der Waals surface area contributed by atoms with Crippen LogP contribution >= 0.6 is 11.8 Å². The normalized spacial score (nSPS) is 14.0. The minimum absolute atomic E-state index is 0.0348. The predicted molar refractivity (Wildman–Crippen MR) is 119 cm³/mol. The van der Waals surface area contributed by atoms with E-state index in [9.17, 15) is 14.0 Å². The minimum Gasteiger partial charge on any atom is -0.482 e. The molecule has 1 aromatic heterocycles. The molecule has 4 rings (SSSR count). The Kier molecular flexibility index (Phi) is 6.13. The largest absolute Gasteiger partial charge is 0.482 e. The van der Waals surface area contributed by atoms with E-state index >= 15 is 0 Å². The van der Waals surface area contributed by atoms with Crippen molar-refractivity contribution < 1.29 is 18.7 Å². The molecule has 2 aromatic carbocycles. The molecule has 0 radical (unpaired) electrons. The third-order valence-electron chi connectivity index (χ3n) is 5.10. The molecular weight excluding hydrogens is 433 g/mol. The Labute approximate surface area is 188 Å². The van der Waals surface area contributed by atoms with Crippen molar-refractivity contribution in [2.75, 3.05) is 22.6 Å². The fraction of sp³-hybridized carbons (Fsp3) is 0.273. The number of anilines is 2. The zero-order chi connectivity index (χ0) is 22.8. The lowest BCUT2D eigenvalue weighted by molar-refractivity contribution is -0.121. The zero-order valence-corrected chi connectivity index (χ0v) is 18.6. The van der Waals surface area contributed by atoms with Crippen molar-refractivity contribution in [3.8, 4) is 5.75 Å². The van der Waals surface area contributed by atoms with E-state index in [0.29, 0.717) is 22.4 Å². The van der Waals surface area contributed by atoms with E-state index in [1.165, 1.54) is 17.8 Å². The van der Waals surface area contributed by atoms with Crippen molar-refractivity contribution in [1.29, 1.82) is 0 Å². The highest BCUT2D eigenvalue weighted by atomic mass is 32.2. The van der Waals surface area contributed by atoms with Crippen LogP contribution in [0.1, 0.15) is 24.4 Å². The maximum absolute atomic E-state index is 13.9. The van der Waals surface area contributed by atoms with Crippen LogP contribution < -0.4 is 15.0 Å². The van der Waals surface area contributed by atoms with Gasteiger partial charge in [0.2, 0.25) is 5.91 Å². The molecule has 1 N–H and O–H groups in total. The number of nitrogens with one attached hydrogen (secondary N) is 1. The van der Waals surface area contributed by atoms with Gasteiger partial charge < -0.3 is 14.6 Å². The van der Waals surface area contributed by atoms with Crippen molar-refractivity contribution in [2.24, 2.45) is 7.05 Å². The number of aryl methyl sites for hydroxylation is 1. The number of para-hydroxylation sites is 2. The first-order valence-corrected chi connectivity index (χ1v) is 11.0. The Morgan fingerprint density at radius 2 is 2.06 bits per heavy atom. The van der Waals surface area contributed by atoms with Crippen molar-refractivity contribution in [1.82, 2.24) is 14.8 Å². The third-order valence-corrected chi connectivity index (χ3v) is 6.12. The molecule has 3 aromatic rings. The summed E-state index contributed by atoms with van der Waals surface area (Å²) in [5, 5.41) is 11.5. The number of benzene rings is 2. The predicted octanol–water partition coefficient (Wildman–Crippen LogP) is 3.48. The number of nitrogens with zero attached hydrogens (tertiary/aromatic N) is 4. The Bertz CT molecular complexity index is 1180. The number of hydrogen-bond acceptors (Lipinski definition) is 6. The van der Waals surface area contributed by atoms with Gasteiger partial charge in [0.25, 0.3) is 5.91 Å². The van der Waals surface area contributed by atoms with E-state index in [4.69, 9.17) is 4.74 Å². The number of carbonyl (C=O) groups excluding carboxylic acids is 2. The lowest BCUT2D eigenvalue weighted by Gasteiger charge is -2.33. The summed E-state index contributed by atoms with van der Waals surface area (Å²) in [5.74, 6) is 0.229. The van der Waals surface area contributed by atoms with Crippen LogP contribution in [0.15, 0.2) is 47.6 Å². The molecule has 32 heavy (non-hydrogen) atoms. The number of thioether (sulfide) groups is 1. The summed E-state index contributed by atoms with van der Waals surface area (Å²) in [7, 11) is 1.78. The molecule has 1 aliphatic rings. The molecule has 1 aliphatic heterocycles. The van der Waals surface area contributed by atoms with Gasteiger partial charge >= 0.3 is 0 Å². The fourth-order valence-electron chi connectivity index (χ4n) is 3.53. The molecule has 2 heterocycles. The number of carbonyl (C=O) groups is 2. The lowest BCUT2D eigenvalue weighted by Crippen LogP contribution is -2.41. The number of rotatable bonds is 6. The molecular formula is C22H22FN5O3S. The van der Waals surface area contributed by atoms with Crippen LogP contribution in [-0.2, 0) is 16.6 Å². The maximum Gasteiger partial charge on any atom is 0.265 e. The molecule has 1 atom stereocenters. The maximum atomic E-state index is 13.9. The van der Waals surface area contributed by atoms with E-state index in [2.05, 4.69) is 15.5 Å².